The van der Waals surface area contributed by atoms with E-state index in [0.29, 0.717) is 12.3 Å². The number of oxazole rings is 1. The number of benzene rings is 2. The van der Waals surface area contributed by atoms with Gasteiger partial charge in [0.15, 0.2) is 10.7 Å². The lowest BCUT2D eigenvalue weighted by molar-refractivity contribution is -0.119. The molecule has 140 valence electrons. The van der Waals surface area contributed by atoms with Crippen LogP contribution in [0.4, 0.5) is 5.69 Å². The number of hydrogen-bond acceptors (Lipinski definition) is 4. The van der Waals surface area contributed by atoms with Crippen LogP contribution >= 0.6 is 12.2 Å². The van der Waals surface area contributed by atoms with Gasteiger partial charge in [-0.05, 0) is 74.3 Å². The summed E-state index contributed by atoms with van der Waals surface area (Å²) in [4.78, 5) is 16.3. The maximum atomic E-state index is 11.7. The predicted molar refractivity (Wildman–Crippen MR) is 113 cm³/mol. The molecule has 0 saturated carbocycles. The van der Waals surface area contributed by atoms with Gasteiger partial charge in [-0.25, -0.2) is 4.98 Å². The zero-order valence-electron chi connectivity index (χ0n) is 16.0. The molecule has 0 fully saturated rings. The van der Waals surface area contributed by atoms with Gasteiger partial charge in [0.1, 0.15) is 5.52 Å². The molecule has 0 aliphatic rings. The Hall–Kier alpha value is -2.73. The van der Waals surface area contributed by atoms with Crippen molar-refractivity contribution in [3.63, 3.8) is 0 Å². The summed E-state index contributed by atoms with van der Waals surface area (Å²) in [5, 5.41) is 6.08. The van der Waals surface area contributed by atoms with Crippen molar-refractivity contribution in [3.05, 3.63) is 47.0 Å². The van der Waals surface area contributed by atoms with Crippen LogP contribution in [0.3, 0.4) is 0 Å². The van der Waals surface area contributed by atoms with E-state index in [9.17, 15) is 4.79 Å². The summed E-state index contributed by atoms with van der Waals surface area (Å²) in [5.74, 6) is 0.469. The number of thiocarbonyl (C=S) groups is 1. The first-order chi connectivity index (χ1) is 12.9. The first kappa shape index (κ1) is 19.0. The Balaban J connectivity index is 1.88. The van der Waals surface area contributed by atoms with Gasteiger partial charge in [-0.3, -0.25) is 4.79 Å². The van der Waals surface area contributed by atoms with Crippen LogP contribution in [-0.2, 0) is 4.79 Å². The molecule has 1 aromatic heterocycles. The number of nitrogens with zero attached hydrogens (tertiary/aromatic N) is 1. The number of rotatable bonds is 4. The monoisotopic (exact) mass is 381 g/mol. The lowest BCUT2D eigenvalue weighted by Crippen LogP contribution is -2.34. The number of carbonyl (C=O) groups excluding carboxylic acids is 1. The summed E-state index contributed by atoms with van der Waals surface area (Å²) in [6, 6.07) is 9.96. The van der Waals surface area contributed by atoms with Crippen LogP contribution < -0.4 is 10.6 Å². The van der Waals surface area contributed by atoms with Crippen molar-refractivity contribution in [3.8, 4) is 11.5 Å². The summed E-state index contributed by atoms with van der Waals surface area (Å²) in [6.45, 7) is 7.99. The van der Waals surface area contributed by atoms with Crippen molar-refractivity contribution in [2.45, 2.75) is 40.5 Å². The van der Waals surface area contributed by atoms with Gasteiger partial charge in [0.05, 0.1) is 0 Å². The van der Waals surface area contributed by atoms with Crippen molar-refractivity contribution < 1.29 is 9.21 Å². The van der Waals surface area contributed by atoms with Crippen LogP contribution in [0.5, 0.6) is 0 Å². The number of amides is 1. The zero-order chi connectivity index (χ0) is 19.6. The topological polar surface area (TPSA) is 67.2 Å². The smallest absolute Gasteiger partial charge is 0.227 e. The second-order valence-corrected chi connectivity index (χ2v) is 7.14. The van der Waals surface area contributed by atoms with Gasteiger partial charge in [-0.1, -0.05) is 19.1 Å². The molecule has 2 aromatic carbocycles. The molecule has 3 aromatic rings. The van der Waals surface area contributed by atoms with Crippen LogP contribution in [0, 0.1) is 20.8 Å². The van der Waals surface area contributed by atoms with Gasteiger partial charge in [0.2, 0.25) is 11.8 Å². The fraction of sp³-hybridized carbons (Fsp3) is 0.286. The fourth-order valence-electron chi connectivity index (χ4n) is 2.96. The van der Waals surface area contributed by atoms with Gasteiger partial charge < -0.3 is 15.1 Å². The Labute approximate surface area is 164 Å². The summed E-state index contributed by atoms with van der Waals surface area (Å²) >= 11 is 5.25. The third kappa shape index (κ3) is 4.34. The van der Waals surface area contributed by atoms with Crippen molar-refractivity contribution in [2.75, 3.05) is 5.32 Å². The number of aryl methyl sites for hydroxylation is 3. The van der Waals surface area contributed by atoms with Crippen molar-refractivity contribution >= 4 is 40.0 Å². The van der Waals surface area contributed by atoms with Crippen LogP contribution in [0.15, 0.2) is 34.7 Å². The van der Waals surface area contributed by atoms with Crippen LogP contribution in [-0.4, -0.2) is 16.0 Å². The highest BCUT2D eigenvalue weighted by molar-refractivity contribution is 7.80. The molecule has 0 radical (unpaired) electrons. The van der Waals surface area contributed by atoms with E-state index in [4.69, 9.17) is 16.6 Å². The highest BCUT2D eigenvalue weighted by Crippen LogP contribution is 2.30. The number of aromatic nitrogens is 1. The SMILES string of the molecule is CCCC(=O)NC(=S)Nc1cc(-c2nc3cc(C)cc(C)c3o2)ccc1C. The van der Waals surface area contributed by atoms with E-state index >= 15 is 0 Å². The molecule has 1 heterocycles. The number of anilines is 1. The zero-order valence-corrected chi connectivity index (χ0v) is 16.8. The molecular weight excluding hydrogens is 358 g/mol. The molecule has 0 spiro atoms. The molecule has 0 saturated heterocycles. The molecule has 5 nitrogen and oxygen atoms in total. The maximum absolute atomic E-state index is 11.7. The minimum Gasteiger partial charge on any atom is -0.436 e. The molecule has 27 heavy (non-hydrogen) atoms. The standard InChI is InChI=1S/C21H23N3O2S/c1-5-6-18(25)24-21(27)23-16-11-15(8-7-13(16)3)20-22-17-10-12(2)9-14(4)19(17)26-20/h7-11H,5-6H2,1-4H3,(H2,23,24,25,27). The summed E-state index contributed by atoms with van der Waals surface area (Å²) in [5.41, 5.74) is 6.53. The first-order valence-corrected chi connectivity index (χ1v) is 9.38. The minimum absolute atomic E-state index is 0.0893. The predicted octanol–water partition coefficient (Wildman–Crippen LogP) is 5.03. The van der Waals surface area contributed by atoms with Crippen LogP contribution in [0.25, 0.3) is 22.6 Å². The van der Waals surface area contributed by atoms with Gasteiger partial charge in [0, 0.05) is 17.7 Å². The Morgan fingerprint density at radius 2 is 1.93 bits per heavy atom. The quantitative estimate of drug-likeness (QED) is 0.620. The molecule has 6 heteroatoms. The largest absolute Gasteiger partial charge is 0.436 e. The molecule has 0 aliphatic heterocycles. The average molecular weight is 382 g/mol. The summed E-state index contributed by atoms with van der Waals surface area (Å²) in [6.07, 6.45) is 1.22. The molecule has 0 atom stereocenters. The van der Waals surface area contributed by atoms with E-state index < -0.39 is 0 Å². The second kappa shape index (κ2) is 7.88. The fourth-order valence-corrected chi connectivity index (χ4v) is 3.18. The number of nitrogens with one attached hydrogen (secondary N) is 2. The second-order valence-electron chi connectivity index (χ2n) is 6.73. The highest BCUT2D eigenvalue weighted by atomic mass is 32.1. The molecule has 0 unspecified atom stereocenters. The van der Waals surface area contributed by atoms with Gasteiger partial charge >= 0.3 is 0 Å². The van der Waals surface area contributed by atoms with Gasteiger partial charge in [-0.15, -0.1) is 0 Å². The Kier molecular flexibility index (Phi) is 5.56. The van der Waals surface area contributed by atoms with E-state index in [1.54, 1.807) is 0 Å². The number of carbonyl (C=O) groups is 1. The Morgan fingerprint density at radius 3 is 2.67 bits per heavy atom. The van der Waals surface area contributed by atoms with E-state index in [1.807, 2.05) is 52.0 Å². The summed E-state index contributed by atoms with van der Waals surface area (Å²) in [7, 11) is 0. The molecule has 0 bridgehead atoms. The van der Waals surface area contributed by atoms with Crippen LogP contribution in [0.2, 0.25) is 0 Å². The maximum Gasteiger partial charge on any atom is 0.227 e. The molecule has 3 rings (SSSR count). The molecular formula is C21H23N3O2S. The third-order valence-corrected chi connectivity index (χ3v) is 4.49. The molecule has 0 aliphatic carbocycles. The lowest BCUT2D eigenvalue weighted by Gasteiger charge is -2.12. The lowest BCUT2D eigenvalue weighted by atomic mass is 10.1. The van der Waals surface area contributed by atoms with E-state index in [1.165, 1.54) is 0 Å². The van der Waals surface area contributed by atoms with Crippen molar-refractivity contribution in [1.82, 2.24) is 10.3 Å². The minimum atomic E-state index is -0.0893. The normalized spacial score (nSPS) is 10.8. The number of hydrogen-bond donors (Lipinski definition) is 2. The molecule has 2 N–H and O–H groups in total. The van der Waals surface area contributed by atoms with E-state index in [-0.39, 0.29) is 11.0 Å². The Morgan fingerprint density at radius 1 is 1.15 bits per heavy atom. The van der Waals surface area contributed by atoms with Crippen molar-refractivity contribution in [1.29, 1.82) is 0 Å². The van der Waals surface area contributed by atoms with Crippen LogP contribution in [0.1, 0.15) is 36.5 Å². The molecule has 1 amide bonds. The van der Waals surface area contributed by atoms with Gasteiger partial charge in [-0.2, -0.15) is 0 Å². The third-order valence-electron chi connectivity index (χ3n) is 4.28. The first-order valence-electron chi connectivity index (χ1n) is 8.97. The van der Waals surface area contributed by atoms with E-state index in [2.05, 4.69) is 21.7 Å². The highest BCUT2D eigenvalue weighted by Gasteiger charge is 2.13. The van der Waals surface area contributed by atoms with E-state index in [0.717, 1.165) is 45.5 Å². The average Bonchev–Trinajstić information content (AvgIpc) is 3.01. The van der Waals surface area contributed by atoms with Crippen molar-refractivity contribution in [2.24, 2.45) is 0 Å². The van der Waals surface area contributed by atoms with Gasteiger partial charge in [0.25, 0.3) is 0 Å². The Bertz CT molecular complexity index is 1020. The number of fused-ring (bicyclic) bond motifs is 1. The summed E-state index contributed by atoms with van der Waals surface area (Å²) < 4.78 is 5.99.